The fourth-order valence-electron chi connectivity index (χ4n) is 2.79. The average Bonchev–Trinajstić information content (AvgIpc) is 2.52. The molecule has 1 heterocycles. The minimum atomic E-state index is -0.136. The number of hydrogen-bond acceptors (Lipinski definition) is 4. The number of anilines is 1. The molecule has 116 valence electrons. The number of hydrogen-bond donors (Lipinski definition) is 2. The Balaban J connectivity index is 1.94. The van der Waals surface area contributed by atoms with Crippen LogP contribution in [-0.2, 0) is 0 Å². The molecule has 5 nitrogen and oxygen atoms in total. The van der Waals surface area contributed by atoms with Crippen molar-refractivity contribution in [1.82, 2.24) is 10.2 Å². The van der Waals surface area contributed by atoms with E-state index in [2.05, 4.69) is 17.1 Å². The number of nitrogen functional groups attached to an aromatic ring is 1. The van der Waals surface area contributed by atoms with Gasteiger partial charge in [-0.05, 0) is 45.0 Å². The Kier molecular flexibility index (Phi) is 5.44. The molecular formula is C16H25N3O2. The van der Waals surface area contributed by atoms with E-state index in [4.69, 9.17) is 10.5 Å². The lowest BCUT2D eigenvalue weighted by Gasteiger charge is -2.32. The lowest BCUT2D eigenvalue weighted by Crippen LogP contribution is -2.44. The third-order valence-electron chi connectivity index (χ3n) is 4.07. The lowest BCUT2D eigenvalue weighted by atomic mass is 10.1. The summed E-state index contributed by atoms with van der Waals surface area (Å²) in [6, 6.07) is 5.57. The maximum Gasteiger partial charge on any atom is 0.255 e. The Morgan fingerprint density at radius 1 is 1.38 bits per heavy atom. The number of carbonyl (C=O) groups is 1. The maximum absolute atomic E-state index is 12.3. The monoisotopic (exact) mass is 291 g/mol. The summed E-state index contributed by atoms with van der Waals surface area (Å²) >= 11 is 0. The van der Waals surface area contributed by atoms with E-state index in [1.54, 1.807) is 18.2 Å². The summed E-state index contributed by atoms with van der Waals surface area (Å²) in [7, 11) is 1.53. The van der Waals surface area contributed by atoms with Gasteiger partial charge in [0.1, 0.15) is 0 Å². The van der Waals surface area contributed by atoms with E-state index in [1.165, 1.54) is 26.4 Å². The van der Waals surface area contributed by atoms with Gasteiger partial charge in [0.2, 0.25) is 0 Å². The summed E-state index contributed by atoms with van der Waals surface area (Å²) in [5, 5.41) is 2.98. The molecule has 1 aromatic carbocycles. The molecule has 1 aliphatic heterocycles. The Hall–Kier alpha value is -1.75. The average molecular weight is 291 g/mol. The summed E-state index contributed by atoms with van der Waals surface area (Å²) in [4.78, 5) is 14.7. The highest BCUT2D eigenvalue weighted by atomic mass is 16.5. The zero-order chi connectivity index (χ0) is 15.2. The predicted molar refractivity (Wildman–Crippen MR) is 84.6 cm³/mol. The molecule has 1 aromatic rings. The number of rotatable bonds is 5. The van der Waals surface area contributed by atoms with Crippen molar-refractivity contribution in [2.75, 3.05) is 32.5 Å². The van der Waals surface area contributed by atoms with E-state index in [9.17, 15) is 4.79 Å². The fraction of sp³-hybridized carbons (Fsp3) is 0.562. The van der Waals surface area contributed by atoms with E-state index in [0.29, 0.717) is 29.6 Å². The highest BCUT2D eigenvalue weighted by molar-refractivity contribution is 5.98. The van der Waals surface area contributed by atoms with Gasteiger partial charge in [-0.3, -0.25) is 9.69 Å². The van der Waals surface area contributed by atoms with Gasteiger partial charge in [0.25, 0.3) is 5.91 Å². The molecule has 3 N–H and O–H groups in total. The van der Waals surface area contributed by atoms with Crippen LogP contribution in [0.4, 0.5) is 5.69 Å². The first-order valence-corrected chi connectivity index (χ1v) is 7.58. The van der Waals surface area contributed by atoms with Crippen LogP contribution in [0, 0.1) is 0 Å². The maximum atomic E-state index is 12.3. The third kappa shape index (κ3) is 3.88. The van der Waals surface area contributed by atoms with Crippen molar-refractivity contribution in [2.24, 2.45) is 0 Å². The first kappa shape index (κ1) is 15.6. The van der Waals surface area contributed by atoms with Crippen LogP contribution >= 0.6 is 0 Å². The van der Waals surface area contributed by atoms with Crippen molar-refractivity contribution in [3.63, 3.8) is 0 Å². The standard InChI is InChI=1S/C16H25N3O2/c1-12(19-9-4-3-5-10-19)11-18-16(20)13-7-6-8-14(17)15(13)21-2/h6-8,12H,3-5,9-11,17H2,1-2H3,(H,18,20). The molecule has 1 aliphatic rings. The van der Waals surface area contributed by atoms with Crippen molar-refractivity contribution in [3.05, 3.63) is 23.8 Å². The molecule has 0 aromatic heterocycles. The zero-order valence-corrected chi connectivity index (χ0v) is 12.9. The molecular weight excluding hydrogens is 266 g/mol. The molecule has 2 rings (SSSR count). The van der Waals surface area contributed by atoms with Crippen molar-refractivity contribution in [2.45, 2.75) is 32.2 Å². The topological polar surface area (TPSA) is 67.6 Å². The second-order valence-corrected chi connectivity index (χ2v) is 5.58. The van der Waals surface area contributed by atoms with Gasteiger partial charge in [0, 0.05) is 12.6 Å². The summed E-state index contributed by atoms with van der Waals surface area (Å²) in [5.74, 6) is 0.309. The van der Waals surface area contributed by atoms with Gasteiger partial charge in [-0.25, -0.2) is 0 Å². The van der Waals surface area contributed by atoms with Crippen molar-refractivity contribution in [1.29, 1.82) is 0 Å². The number of piperidine rings is 1. The van der Waals surface area contributed by atoms with Crippen LogP contribution in [0.2, 0.25) is 0 Å². The number of para-hydroxylation sites is 1. The molecule has 1 amide bonds. The lowest BCUT2D eigenvalue weighted by molar-refractivity contribution is 0.0927. The van der Waals surface area contributed by atoms with Crippen molar-refractivity contribution < 1.29 is 9.53 Å². The molecule has 0 spiro atoms. The molecule has 1 saturated heterocycles. The molecule has 0 bridgehead atoms. The molecule has 21 heavy (non-hydrogen) atoms. The molecule has 1 fully saturated rings. The van der Waals surface area contributed by atoms with Gasteiger partial charge >= 0.3 is 0 Å². The van der Waals surface area contributed by atoms with Crippen LogP contribution in [-0.4, -0.2) is 43.6 Å². The fourth-order valence-corrected chi connectivity index (χ4v) is 2.79. The smallest absolute Gasteiger partial charge is 0.255 e. The number of carbonyl (C=O) groups excluding carboxylic acids is 1. The number of likely N-dealkylation sites (tertiary alicyclic amines) is 1. The van der Waals surface area contributed by atoms with E-state index in [-0.39, 0.29) is 5.91 Å². The Bertz CT molecular complexity index is 484. The van der Waals surface area contributed by atoms with E-state index < -0.39 is 0 Å². The number of methoxy groups -OCH3 is 1. The number of nitrogens with zero attached hydrogens (tertiary/aromatic N) is 1. The van der Waals surface area contributed by atoms with Gasteiger partial charge in [-0.2, -0.15) is 0 Å². The highest BCUT2D eigenvalue weighted by Gasteiger charge is 2.19. The largest absolute Gasteiger partial charge is 0.494 e. The van der Waals surface area contributed by atoms with Crippen LogP contribution in [0.25, 0.3) is 0 Å². The van der Waals surface area contributed by atoms with E-state index in [0.717, 1.165) is 13.1 Å². The van der Waals surface area contributed by atoms with Gasteiger partial charge in [0.15, 0.2) is 5.75 Å². The minimum absolute atomic E-state index is 0.136. The summed E-state index contributed by atoms with van der Waals surface area (Å²) < 4.78 is 5.22. The van der Waals surface area contributed by atoms with Crippen molar-refractivity contribution >= 4 is 11.6 Å². The van der Waals surface area contributed by atoms with Gasteiger partial charge in [0.05, 0.1) is 18.4 Å². The second kappa shape index (κ2) is 7.31. The first-order valence-electron chi connectivity index (χ1n) is 7.58. The van der Waals surface area contributed by atoms with Gasteiger partial charge in [-0.1, -0.05) is 12.5 Å². The first-order chi connectivity index (χ1) is 10.1. The highest BCUT2D eigenvalue weighted by Crippen LogP contribution is 2.25. The third-order valence-corrected chi connectivity index (χ3v) is 4.07. The molecule has 5 heteroatoms. The van der Waals surface area contributed by atoms with Crippen LogP contribution < -0.4 is 15.8 Å². The van der Waals surface area contributed by atoms with Crippen LogP contribution in [0.15, 0.2) is 18.2 Å². The molecule has 1 unspecified atom stereocenters. The number of ether oxygens (including phenoxy) is 1. The van der Waals surface area contributed by atoms with Gasteiger partial charge in [-0.15, -0.1) is 0 Å². The van der Waals surface area contributed by atoms with Crippen LogP contribution in [0.3, 0.4) is 0 Å². The number of amides is 1. The molecule has 0 aliphatic carbocycles. The quantitative estimate of drug-likeness (QED) is 0.813. The predicted octanol–water partition coefficient (Wildman–Crippen LogP) is 1.88. The van der Waals surface area contributed by atoms with Crippen LogP contribution in [0.1, 0.15) is 36.5 Å². The number of benzene rings is 1. The number of nitrogens with one attached hydrogen (secondary N) is 1. The summed E-state index contributed by atoms with van der Waals surface area (Å²) in [6.45, 7) is 5.04. The Morgan fingerprint density at radius 3 is 2.76 bits per heavy atom. The van der Waals surface area contributed by atoms with Crippen LogP contribution in [0.5, 0.6) is 5.75 Å². The van der Waals surface area contributed by atoms with Gasteiger partial charge < -0.3 is 15.8 Å². The molecule has 1 atom stereocenters. The second-order valence-electron chi connectivity index (χ2n) is 5.58. The Morgan fingerprint density at radius 2 is 2.10 bits per heavy atom. The number of nitrogens with two attached hydrogens (primary N) is 1. The molecule has 0 saturated carbocycles. The van der Waals surface area contributed by atoms with E-state index in [1.807, 2.05) is 0 Å². The van der Waals surface area contributed by atoms with E-state index >= 15 is 0 Å². The minimum Gasteiger partial charge on any atom is -0.494 e. The summed E-state index contributed by atoms with van der Waals surface area (Å²) in [6.07, 6.45) is 3.82. The summed E-state index contributed by atoms with van der Waals surface area (Å²) in [5.41, 5.74) is 6.80. The SMILES string of the molecule is COc1c(N)cccc1C(=O)NCC(C)N1CCCCC1. The Labute approximate surface area is 126 Å². The zero-order valence-electron chi connectivity index (χ0n) is 12.9. The normalized spacial score (nSPS) is 17.2. The van der Waals surface area contributed by atoms with Crippen molar-refractivity contribution in [3.8, 4) is 5.75 Å². The molecule has 0 radical (unpaired) electrons.